The van der Waals surface area contributed by atoms with Crippen molar-refractivity contribution in [1.29, 1.82) is 0 Å². The minimum Gasteiger partial charge on any atom is -0.390 e. The normalized spacial score (nSPS) is 20.6. The molecule has 1 aliphatic heterocycles. The molecule has 0 spiro atoms. The Hall–Kier alpha value is -0.160. The Morgan fingerprint density at radius 1 is 1.35 bits per heavy atom. The Bertz CT molecular complexity index is 178. The molecule has 0 amide bonds. The van der Waals surface area contributed by atoms with Gasteiger partial charge in [-0.15, -0.1) is 0 Å². The summed E-state index contributed by atoms with van der Waals surface area (Å²) in [5, 5.41) is 13.3. The zero-order valence-electron chi connectivity index (χ0n) is 11.3. The van der Waals surface area contributed by atoms with Gasteiger partial charge in [0.1, 0.15) is 0 Å². The molecule has 4 nitrogen and oxygen atoms in total. The Morgan fingerprint density at radius 2 is 2.06 bits per heavy atom. The zero-order valence-corrected chi connectivity index (χ0v) is 11.3. The van der Waals surface area contributed by atoms with E-state index in [1.54, 1.807) is 7.11 Å². The summed E-state index contributed by atoms with van der Waals surface area (Å²) in [6.07, 6.45) is 4.54. The van der Waals surface area contributed by atoms with E-state index in [2.05, 4.69) is 17.1 Å². The first-order valence-electron chi connectivity index (χ1n) is 6.89. The third-order valence-electron chi connectivity index (χ3n) is 3.31. The van der Waals surface area contributed by atoms with Crippen molar-refractivity contribution in [3.8, 4) is 0 Å². The van der Waals surface area contributed by atoms with Crippen molar-refractivity contribution in [3.63, 3.8) is 0 Å². The van der Waals surface area contributed by atoms with Crippen molar-refractivity contribution in [1.82, 2.24) is 10.2 Å². The summed E-state index contributed by atoms with van der Waals surface area (Å²) in [5.41, 5.74) is 0. The van der Waals surface area contributed by atoms with Crippen LogP contribution in [0.1, 0.15) is 32.6 Å². The predicted octanol–water partition coefficient (Wildman–Crippen LogP) is 0.848. The molecule has 0 bridgehead atoms. The van der Waals surface area contributed by atoms with E-state index in [9.17, 15) is 5.11 Å². The Labute approximate surface area is 105 Å². The van der Waals surface area contributed by atoms with Gasteiger partial charge in [-0.05, 0) is 32.4 Å². The fraction of sp³-hybridized carbons (Fsp3) is 1.00. The predicted molar refractivity (Wildman–Crippen MR) is 70.3 cm³/mol. The van der Waals surface area contributed by atoms with Gasteiger partial charge >= 0.3 is 0 Å². The van der Waals surface area contributed by atoms with Crippen LogP contribution in [0, 0.1) is 0 Å². The highest BCUT2D eigenvalue weighted by molar-refractivity contribution is 4.74. The Kier molecular flexibility index (Phi) is 7.77. The molecule has 1 saturated heterocycles. The van der Waals surface area contributed by atoms with Crippen molar-refractivity contribution in [3.05, 3.63) is 0 Å². The van der Waals surface area contributed by atoms with Gasteiger partial charge < -0.3 is 20.1 Å². The van der Waals surface area contributed by atoms with Gasteiger partial charge in [0, 0.05) is 26.2 Å². The second-order valence-electron chi connectivity index (χ2n) is 5.01. The van der Waals surface area contributed by atoms with Crippen LogP contribution in [0.15, 0.2) is 0 Å². The van der Waals surface area contributed by atoms with Gasteiger partial charge in [-0.1, -0.05) is 13.3 Å². The van der Waals surface area contributed by atoms with Crippen molar-refractivity contribution in [2.24, 2.45) is 0 Å². The third kappa shape index (κ3) is 6.36. The number of aliphatic hydroxyl groups excluding tert-OH is 1. The first kappa shape index (κ1) is 14.9. The zero-order chi connectivity index (χ0) is 12.5. The van der Waals surface area contributed by atoms with Crippen LogP contribution in [0.5, 0.6) is 0 Å². The van der Waals surface area contributed by atoms with E-state index in [4.69, 9.17) is 4.74 Å². The lowest BCUT2D eigenvalue weighted by molar-refractivity contribution is 0.108. The molecule has 0 radical (unpaired) electrons. The maximum atomic E-state index is 9.95. The molecule has 2 unspecified atom stereocenters. The number of nitrogens with zero attached hydrogens (tertiary/aromatic N) is 1. The van der Waals surface area contributed by atoms with Gasteiger partial charge in [-0.3, -0.25) is 0 Å². The van der Waals surface area contributed by atoms with Crippen LogP contribution in [0.4, 0.5) is 0 Å². The van der Waals surface area contributed by atoms with Crippen LogP contribution >= 0.6 is 0 Å². The first-order valence-corrected chi connectivity index (χ1v) is 6.89. The molecule has 4 heteroatoms. The van der Waals surface area contributed by atoms with Gasteiger partial charge in [0.2, 0.25) is 0 Å². The maximum absolute atomic E-state index is 9.95. The van der Waals surface area contributed by atoms with Gasteiger partial charge in [0.15, 0.2) is 0 Å². The summed E-state index contributed by atoms with van der Waals surface area (Å²) in [7, 11) is 1.73. The molecule has 1 fully saturated rings. The van der Waals surface area contributed by atoms with Gasteiger partial charge in [-0.25, -0.2) is 0 Å². The molecule has 1 aliphatic rings. The summed E-state index contributed by atoms with van der Waals surface area (Å²) in [6.45, 7) is 6.67. The molecule has 1 rings (SSSR count). The quantitative estimate of drug-likeness (QED) is 0.631. The number of hydrogen-bond donors (Lipinski definition) is 2. The van der Waals surface area contributed by atoms with Gasteiger partial charge in [-0.2, -0.15) is 0 Å². The lowest BCUT2D eigenvalue weighted by atomic mass is 10.1. The number of aliphatic hydroxyl groups is 1. The van der Waals surface area contributed by atoms with Crippen LogP contribution in [-0.4, -0.2) is 62.0 Å². The van der Waals surface area contributed by atoms with Crippen LogP contribution in [0.25, 0.3) is 0 Å². The number of rotatable bonds is 9. The second kappa shape index (κ2) is 8.86. The monoisotopic (exact) mass is 244 g/mol. The summed E-state index contributed by atoms with van der Waals surface area (Å²) >= 11 is 0. The summed E-state index contributed by atoms with van der Waals surface area (Å²) < 4.78 is 5.17. The fourth-order valence-corrected chi connectivity index (χ4v) is 2.42. The molecule has 2 N–H and O–H groups in total. The van der Waals surface area contributed by atoms with Crippen LogP contribution in [0.3, 0.4) is 0 Å². The molecular weight excluding hydrogens is 216 g/mol. The smallest absolute Gasteiger partial charge is 0.0791 e. The highest BCUT2D eigenvalue weighted by Gasteiger charge is 2.16. The second-order valence-corrected chi connectivity index (χ2v) is 5.01. The lowest BCUT2D eigenvalue weighted by Crippen LogP contribution is -2.42. The SMILES string of the molecule is CCCC(COC)NCC(O)CN1CCCC1. The number of likely N-dealkylation sites (tertiary alicyclic amines) is 1. The summed E-state index contributed by atoms with van der Waals surface area (Å²) in [5.74, 6) is 0. The topological polar surface area (TPSA) is 44.7 Å². The molecule has 2 atom stereocenters. The highest BCUT2D eigenvalue weighted by Crippen LogP contribution is 2.07. The van der Waals surface area contributed by atoms with E-state index in [0.717, 1.165) is 39.1 Å². The average molecular weight is 244 g/mol. The number of β-amino-alcohol motifs (C(OH)–C–C–N with tert-alkyl or cyclic N) is 1. The standard InChI is InChI=1S/C13H28N2O2/c1-3-6-12(11-17-2)14-9-13(16)10-15-7-4-5-8-15/h12-14,16H,3-11H2,1-2H3. The van der Waals surface area contributed by atoms with Crippen molar-refractivity contribution in [2.45, 2.75) is 44.8 Å². The molecule has 0 aromatic carbocycles. The number of nitrogens with one attached hydrogen (secondary N) is 1. The molecule has 17 heavy (non-hydrogen) atoms. The Morgan fingerprint density at radius 3 is 2.65 bits per heavy atom. The summed E-state index contributed by atoms with van der Waals surface area (Å²) in [4.78, 5) is 2.34. The van der Waals surface area contributed by atoms with Crippen LogP contribution in [0.2, 0.25) is 0 Å². The van der Waals surface area contributed by atoms with E-state index in [-0.39, 0.29) is 6.10 Å². The van der Waals surface area contributed by atoms with Crippen molar-refractivity contribution < 1.29 is 9.84 Å². The van der Waals surface area contributed by atoms with E-state index in [1.165, 1.54) is 12.8 Å². The third-order valence-corrected chi connectivity index (χ3v) is 3.31. The molecular formula is C13H28N2O2. The lowest BCUT2D eigenvalue weighted by Gasteiger charge is -2.23. The minimum atomic E-state index is -0.260. The summed E-state index contributed by atoms with van der Waals surface area (Å²) in [6, 6.07) is 0.373. The number of methoxy groups -OCH3 is 1. The van der Waals surface area contributed by atoms with E-state index < -0.39 is 0 Å². The van der Waals surface area contributed by atoms with Gasteiger partial charge in [0.05, 0.1) is 12.7 Å². The molecule has 1 heterocycles. The van der Waals surface area contributed by atoms with Crippen LogP contribution in [-0.2, 0) is 4.74 Å². The largest absolute Gasteiger partial charge is 0.390 e. The minimum absolute atomic E-state index is 0.260. The average Bonchev–Trinajstić information content (AvgIpc) is 2.79. The van der Waals surface area contributed by atoms with Crippen LogP contribution < -0.4 is 5.32 Å². The molecule has 102 valence electrons. The van der Waals surface area contributed by atoms with Crippen molar-refractivity contribution in [2.75, 3.05) is 39.9 Å². The van der Waals surface area contributed by atoms with Crippen molar-refractivity contribution >= 4 is 0 Å². The van der Waals surface area contributed by atoms with E-state index in [0.29, 0.717) is 12.6 Å². The molecule has 0 aliphatic carbocycles. The number of ether oxygens (including phenoxy) is 1. The highest BCUT2D eigenvalue weighted by atomic mass is 16.5. The van der Waals surface area contributed by atoms with Gasteiger partial charge in [0.25, 0.3) is 0 Å². The van der Waals surface area contributed by atoms with E-state index in [1.807, 2.05) is 0 Å². The number of hydrogen-bond acceptors (Lipinski definition) is 4. The molecule has 0 aromatic heterocycles. The first-order chi connectivity index (χ1) is 8.26. The van der Waals surface area contributed by atoms with E-state index >= 15 is 0 Å². The fourth-order valence-electron chi connectivity index (χ4n) is 2.42. The maximum Gasteiger partial charge on any atom is 0.0791 e. The molecule has 0 saturated carbocycles. The molecule has 0 aromatic rings. The Balaban J connectivity index is 2.13.